The molecule has 0 spiro atoms. The van der Waals surface area contributed by atoms with Crippen molar-refractivity contribution in [3.8, 4) is 5.75 Å². The van der Waals surface area contributed by atoms with Crippen molar-refractivity contribution in [1.82, 2.24) is 5.32 Å². The average molecular weight is 269 g/mol. The maximum Gasteiger partial charge on any atom is 0.407 e. The summed E-state index contributed by atoms with van der Waals surface area (Å²) in [5, 5.41) is 2.29. The molecule has 0 radical (unpaired) electrons. The Hall–Kier alpha value is -1.37. The van der Waals surface area contributed by atoms with Gasteiger partial charge in [-0.15, -0.1) is 0 Å². The lowest BCUT2D eigenvalue weighted by molar-refractivity contribution is -0.157. The second kappa shape index (κ2) is 5.99. The molecule has 1 N–H and O–H groups in total. The molecule has 0 bridgehead atoms. The Morgan fingerprint density at radius 3 is 2.11 bits per heavy atom. The molecule has 1 aromatic carbocycles. The van der Waals surface area contributed by atoms with Crippen LogP contribution in [0.5, 0.6) is 5.75 Å². The van der Waals surface area contributed by atoms with Crippen LogP contribution in [0.25, 0.3) is 0 Å². The number of halogens is 5. The van der Waals surface area contributed by atoms with E-state index in [1.54, 1.807) is 6.92 Å². The third kappa shape index (κ3) is 4.14. The van der Waals surface area contributed by atoms with E-state index in [0.29, 0.717) is 0 Å². The van der Waals surface area contributed by atoms with Crippen molar-refractivity contribution >= 4 is 0 Å². The van der Waals surface area contributed by atoms with Crippen LogP contribution in [0.15, 0.2) is 24.3 Å². The van der Waals surface area contributed by atoms with E-state index >= 15 is 0 Å². The maximum absolute atomic E-state index is 12.7. The second-order valence-corrected chi connectivity index (χ2v) is 3.48. The first kappa shape index (κ1) is 14.7. The van der Waals surface area contributed by atoms with Gasteiger partial charge in [0.15, 0.2) is 0 Å². The van der Waals surface area contributed by atoms with Gasteiger partial charge in [-0.25, -0.2) is 0 Å². The van der Waals surface area contributed by atoms with E-state index in [1.807, 2.05) is 0 Å². The number of rotatable bonds is 5. The fourth-order valence-corrected chi connectivity index (χ4v) is 1.47. The van der Waals surface area contributed by atoms with Gasteiger partial charge in [-0.1, -0.05) is 19.1 Å². The topological polar surface area (TPSA) is 21.3 Å². The minimum Gasteiger partial charge on any atom is -0.435 e. The molecular weight excluding hydrogens is 257 g/mol. The molecule has 0 aliphatic carbocycles. The fraction of sp³-hybridized carbons (Fsp3) is 0.455. The number of hydrogen-bond donors (Lipinski definition) is 1. The molecule has 0 saturated heterocycles. The van der Waals surface area contributed by atoms with Crippen LogP contribution in [-0.2, 0) is 0 Å². The third-order valence-corrected chi connectivity index (χ3v) is 2.17. The molecule has 1 aromatic rings. The van der Waals surface area contributed by atoms with E-state index in [4.69, 9.17) is 0 Å². The summed E-state index contributed by atoms with van der Waals surface area (Å²) in [7, 11) is 0. The summed E-state index contributed by atoms with van der Waals surface area (Å²) in [6.45, 7) is -1.31. The van der Waals surface area contributed by atoms with E-state index < -0.39 is 18.8 Å². The summed E-state index contributed by atoms with van der Waals surface area (Å²) in [5.74, 6) is -0.175. The lowest BCUT2D eigenvalue weighted by Crippen LogP contribution is -2.33. The molecular formula is C11H12F5NO. The molecule has 18 heavy (non-hydrogen) atoms. The molecule has 0 saturated carbocycles. The van der Waals surface area contributed by atoms with Gasteiger partial charge in [0.05, 0.1) is 0 Å². The first-order valence-corrected chi connectivity index (χ1v) is 5.19. The third-order valence-electron chi connectivity index (χ3n) is 2.17. The van der Waals surface area contributed by atoms with Gasteiger partial charge in [0.2, 0.25) is 0 Å². The van der Waals surface area contributed by atoms with Crippen LogP contribution in [0.1, 0.15) is 18.5 Å². The highest BCUT2D eigenvalue weighted by Crippen LogP contribution is 2.33. The zero-order valence-electron chi connectivity index (χ0n) is 9.47. The van der Waals surface area contributed by atoms with Crippen LogP contribution in [0, 0.1) is 0 Å². The maximum atomic E-state index is 12.7. The fourth-order valence-electron chi connectivity index (χ4n) is 1.47. The van der Waals surface area contributed by atoms with E-state index in [9.17, 15) is 22.0 Å². The molecule has 102 valence electrons. The SMILES string of the molecule is CCNC(c1ccc(OC(F)F)cc1)C(F)(F)F. The second-order valence-electron chi connectivity index (χ2n) is 3.48. The average Bonchev–Trinajstić information content (AvgIpc) is 2.25. The summed E-state index contributed by atoms with van der Waals surface area (Å²) in [5.41, 5.74) is -0.0500. The van der Waals surface area contributed by atoms with Gasteiger partial charge in [0, 0.05) is 0 Å². The Kier molecular flexibility index (Phi) is 4.89. The molecule has 0 aliphatic heterocycles. The lowest BCUT2D eigenvalue weighted by atomic mass is 10.1. The largest absolute Gasteiger partial charge is 0.435 e. The van der Waals surface area contributed by atoms with Gasteiger partial charge in [-0.3, -0.25) is 0 Å². The first-order chi connectivity index (χ1) is 8.34. The standard InChI is InChI=1S/C11H12F5NO/c1-2-17-9(11(14,15)16)7-3-5-8(6-4-7)18-10(12)13/h3-6,9-10,17H,2H2,1H3. The summed E-state index contributed by atoms with van der Waals surface area (Å²) in [6.07, 6.45) is -4.44. The van der Waals surface area contributed by atoms with Crippen molar-refractivity contribution in [2.24, 2.45) is 0 Å². The minimum absolute atomic E-state index is 0.0500. The van der Waals surface area contributed by atoms with Crippen molar-refractivity contribution in [2.45, 2.75) is 25.8 Å². The van der Waals surface area contributed by atoms with Crippen LogP contribution < -0.4 is 10.1 Å². The Balaban J connectivity index is 2.87. The predicted molar refractivity (Wildman–Crippen MR) is 55.5 cm³/mol. The van der Waals surface area contributed by atoms with Crippen LogP contribution in [-0.4, -0.2) is 19.3 Å². The molecule has 0 aromatic heterocycles. The van der Waals surface area contributed by atoms with E-state index in [-0.39, 0.29) is 17.9 Å². The first-order valence-electron chi connectivity index (χ1n) is 5.19. The van der Waals surface area contributed by atoms with Gasteiger partial charge in [-0.05, 0) is 24.2 Å². The Morgan fingerprint density at radius 1 is 1.17 bits per heavy atom. The highest BCUT2D eigenvalue weighted by Gasteiger charge is 2.40. The van der Waals surface area contributed by atoms with E-state index in [1.165, 1.54) is 0 Å². The van der Waals surface area contributed by atoms with Gasteiger partial charge in [0.1, 0.15) is 11.8 Å². The number of ether oxygens (including phenoxy) is 1. The zero-order chi connectivity index (χ0) is 13.8. The van der Waals surface area contributed by atoms with Crippen molar-refractivity contribution in [3.63, 3.8) is 0 Å². The Morgan fingerprint density at radius 2 is 1.72 bits per heavy atom. The quantitative estimate of drug-likeness (QED) is 0.826. The molecule has 0 amide bonds. The summed E-state index contributed by atoms with van der Waals surface area (Å²) < 4.78 is 65.9. The van der Waals surface area contributed by atoms with Gasteiger partial charge >= 0.3 is 12.8 Å². The highest BCUT2D eigenvalue weighted by atomic mass is 19.4. The predicted octanol–water partition coefficient (Wildman–Crippen LogP) is 3.50. The monoisotopic (exact) mass is 269 g/mol. The molecule has 0 fully saturated rings. The summed E-state index contributed by atoms with van der Waals surface area (Å²) in [6, 6.07) is 2.56. The number of alkyl halides is 5. The van der Waals surface area contributed by atoms with Crippen molar-refractivity contribution in [2.75, 3.05) is 6.54 Å². The van der Waals surface area contributed by atoms with Gasteiger partial charge < -0.3 is 10.1 Å². The van der Waals surface area contributed by atoms with E-state index in [0.717, 1.165) is 24.3 Å². The number of benzene rings is 1. The molecule has 1 unspecified atom stereocenters. The van der Waals surface area contributed by atoms with Crippen molar-refractivity contribution < 1.29 is 26.7 Å². The van der Waals surface area contributed by atoms with Gasteiger partial charge in [-0.2, -0.15) is 22.0 Å². The molecule has 2 nitrogen and oxygen atoms in total. The summed E-state index contributed by atoms with van der Waals surface area (Å²) >= 11 is 0. The molecule has 0 heterocycles. The van der Waals surface area contributed by atoms with Crippen LogP contribution in [0.2, 0.25) is 0 Å². The van der Waals surface area contributed by atoms with E-state index in [2.05, 4.69) is 10.1 Å². The number of hydrogen-bond acceptors (Lipinski definition) is 2. The van der Waals surface area contributed by atoms with Gasteiger partial charge in [0.25, 0.3) is 0 Å². The smallest absolute Gasteiger partial charge is 0.407 e. The Bertz CT molecular complexity index is 363. The highest BCUT2D eigenvalue weighted by molar-refractivity contribution is 5.30. The minimum atomic E-state index is -4.44. The normalized spacial score (nSPS) is 13.7. The Labute approximate surface area is 101 Å². The zero-order valence-corrected chi connectivity index (χ0v) is 9.47. The van der Waals surface area contributed by atoms with Crippen LogP contribution in [0.3, 0.4) is 0 Å². The van der Waals surface area contributed by atoms with Crippen LogP contribution >= 0.6 is 0 Å². The lowest BCUT2D eigenvalue weighted by Gasteiger charge is -2.21. The van der Waals surface area contributed by atoms with Crippen molar-refractivity contribution in [3.05, 3.63) is 29.8 Å². The molecule has 1 rings (SSSR count). The molecule has 7 heteroatoms. The van der Waals surface area contributed by atoms with Crippen molar-refractivity contribution in [1.29, 1.82) is 0 Å². The molecule has 0 aliphatic rings. The van der Waals surface area contributed by atoms with Crippen LogP contribution in [0.4, 0.5) is 22.0 Å². The number of nitrogens with one attached hydrogen (secondary N) is 1. The summed E-state index contributed by atoms with van der Waals surface area (Å²) in [4.78, 5) is 0. The molecule has 1 atom stereocenters.